The first kappa shape index (κ1) is 13.6. The van der Waals surface area contributed by atoms with Crippen LogP contribution in [0.25, 0.3) is 0 Å². The predicted octanol–water partition coefficient (Wildman–Crippen LogP) is 2.94. The van der Waals surface area contributed by atoms with Crippen LogP contribution in [0.3, 0.4) is 0 Å². The van der Waals surface area contributed by atoms with Gasteiger partial charge in [0.2, 0.25) is 0 Å². The minimum Gasteiger partial charge on any atom is -0.398 e. The average molecular weight is 285 g/mol. The first-order valence-electron chi connectivity index (χ1n) is 5.99. The minimum absolute atomic E-state index is 0.162. The second-order valence-corrected chi connectivity index (χ2v) is 6.09. The summed E-state index contributed by atoms with van der Waals surface area (Å²) in [5.41, 5.74) is 6.63. The molecule has 0 spiro atoms. The number of carbonyl (C=O) groups excluding carboxylic acids is 1. The van der Waals surface area contributed by atoms with Gasteiger partial charge in [0.05, 0.1) is 10.6 Å². The molecule has 18 heavy (non-hydrogen) atoms. The first-order valence-corrected chi connectivity index (χ1v) is 7.66. The highest BCUT2D eigenvalue weighted by molar-refractivity contribution is 7.99. The van der Waals surface area contributed by atoms with Crippen LogP contribution in [0.1, 0.15) is 29.6 Å². The quantitative estimate of drug-likeness (QED) is 0.839. The molecule has 1 fully saturated rings. The predicted molar refractivity (Wildman–Crippen MR) is 78.3 cm³/mol. The van der Waals surface area contributed by atoms with Crippen LogP contribution in [-0.4, -0.2) is 23.5 Å². The molecule has 1 amide bonds. The molecule has 0 bridgehead atoms. The third-order valence-electron chi connectivity index (χ3n) is 3.33. The Bertz CT molecular complexity index is 432. The van der Waals surface area contributed by atoms with Gasteiger partial charge in [0.1, 0.15) is 0 Å². The zero-order valence-electron chi connectivity index (χ0n) is 10.3. The molecule has 1 aliphatic rings. The number of anilines is 1. The van der Waals surface area contributed by atoms with Crippen molar-refractivity contribution < 1.29 is 4.79 Å². The number of hydrogen-bond acceptors (Lipinski definition) is 3. The third-order valence-corrected chi connectivity index (χ3v) is 4.74. The summed E-state index contributed by atoms with van der Waals surface area (Å²) in [5.74, 6) is -0.162. The SMILES string of the molecule is CSC1CCC(NC(=O)c2c(N)cccc2Cl)C1. The molecule has 5 heteroatoms. The molecule has 0 saturated heterocycles. The van der Waals surface area contributed by atoms with Gasteiger partial charge in [-0.3, -0.25) is 4.79 Å². The second-order valence-electron chi connectivity index (χ2n) is 4.55. The Morgan fingerprint density at radius 3 is 2.89 bits per heavy atom. The number of amides is 1. The zero-order chi connectivity index (χ0) is 13.1. The lowest BCUT2D eigenvalue weighted by Crippen LogP contribution is -2.33. The van der Waals surface area contributed by atoms with Gasteiger partial charge in [-0.25, -0.2) is 0 Å². The molecule has 0 aliphatic heterocycles. The van der Waals surface area contributed by atoms with Crippen LogP contribution in [0, 0.1) is 0 Å². The molecule has 2 atom stereocenters. The average Bonchev–Trinajstić information content (AvgIpc) is 2.76. The van der Waals surface area contributed by atoms with Crippen molar-refractivity contribution in [1.82, 2.24) is 5.32 Å². The van der Waals surface area contributed by atoms with Gasteiger partial charge >= 0.3 is 0 Å². The summed E-state index contributed by atoms with van der Waals surface area (Å²) in [6.07, 6.45) is 5.32. The van der Waals surface area contributed by atoms with Gasteiger partial charge < -0.3 is 11.1 Å². The number of nitrogen functional groups attached to an aromatic ring is 1. The zero-order valence-corrected chi connectivity index (χ0v) is 11.9. The highest BCUT2D eigenvalue weighted by atomic mass is 35.5. The van der Waals surface area contributed by atoms with Crippen LogP contribution in [0.2, 0.25) is 5.02 Å². The van der Waals surface area contributed by atoms with Crippen LogP contribution in [-0.2, 0) is 0 Å². The maximum Gasteiger partial charge on any atom is 0.255 e. The first-order chi connectivity index (χ1) is 8.61. The van der Waals surface area contributed by atoms with E-state index in [1.54, 1.807) is 18.2 Å². The summed E-state index contributed by atoms with van der Waals surface area (Å²) in [5, 5.41) is 4.09. The number of hydrogen-bond donors (Lipinski definition) is 2. The Labute approximate surface area is 116 Å². The van der Waals surface area contributed by atoms with Crippen LogP contribution in [0.5, 0.6) is 0 Å². The van der Waals surface area contributed by atoms with Gasteiger partial charge in [-0.15, -0.1) is 0 Å². The molecule has 2 unspecified atom stereocenters. The van der Waals surface area contributed by atoms with Gasteiger partial charge in [0.25, 0.3) is 5.91 Å². The minimum atomic E-state index is -0.162. The molecule has 2 rings (SSSR count). The Morgan fingerprint density at radius 1 is 1.50 bits per heavy atom. The summed E-state index contributed by atoms with van der Waals surface area (Å²) in [7, 11) is 0. The van der Waals surface area contributed by atoms with E-state index in [0.29, 0.717) is 21.5 Å². The van der Waals surface area contributed by atoms with Crippen molar-refractivity contribution in [3.63, 3.8) is 0 Å². The lowest BCUT2D eigenvalue weighted by Gasteiger charge is -2.14. The molecular formula is C13H17ClN2OS. The fraction of sp³-hybridized carbons (Fsp3) is 0.462. The number of nitrogens with one attached hydrogen (secondary N) is 1. The molecule has 1 saturated carbocycles. The Morgan fingerprint density at radius 2 is 2.28 bits per heavy atom. The van der Waals surface area contributed by atoms with Crippen molar-refractivity contribution in [2.45, 2.75) is 30.6 Å². The molecule has 3 nitrogen and oxygen atoms in total. The van der Waals surface area contributed by atoms with Crippen LogP contribution < -0.4 is 11.1 Å². The lowest BCUT2D eigenvalue weighted by atomic mass is 10.1. The van der Waals surface area contributed by atoms with Crippen LogP contribution in [0.4, 0.5) is 5.69 Å². The van der Waals surface area contributed by atoms with E-state index in [1.165, 1.54) is 0 Å². The highest BCUT2D eigenvalue weighted by Crippen LogP contribution is 2.29. The Balaban J connectivity index is 2.04. The summed E-state index contributed by atoms with van der Waals surface area (Å²) in [4.78, 5) is 12.2. The molecule has 0 aromatic heterocycles. The van der Waals surface area contributed by atoms with E-state index in [0.717, 1.165) is 19.3 Å². The fourth-order valence-corrected chi connectivity index (χ4v) is 3.39. The molecule has 1 aromatic carbocycles. The van der Waals surface area contributed by atoms with E-state index in [4.69, 9.17) is 17.3 Å². The third kappa shape index (κ3) is 2.93. The summed E-state index contributed by atoms with van der Waals surface area (Å²) >= 11 is 7.88. The number of rotatable bonds is 3. The number of nitrogens with two attached hydrogens (primary N) is 1. The van der Waals surface area contributed by atoms with Crippen LogP contribution >= 0.6 is 23.4 Å². The summed E-state index contributed by atoms with van der Waals surface area (Å²) in [6.45, 7) is 0. The standard InChI is InChI=1S/C13H17ClN2OS/c1-18-9-6-5-8(7-9)16-13(17)12-10(14)3-2-4-11(12)15/h2-4,8-9H,5-7,15H2,1H3,(H,16,17). The van der Waals surface area contributed by atoms with E-state index in [1.807, 2.05) is 11.8 Å². The number of thioether (sulfide) groups is 1. The van der Waals surface area contributed by atoms with Crippen LogP contribution in [0.15, 0.2) is 18.2 Å². The second kappa shape index (κ2) is 5.85. The maximum atomic E-state index is 12.2. The largest absolute Gasteiger partial charge is 0.398 e. The number of halogens is 1. The molecule has 0 radical (unpaired) electrons. The van der Waals surface area contributed by atoms with Crippen molar-refractivity contribution in [3.8, 4) is 0 Å². The molecule has 0 heterocycles. The smallest absolute Gasteiger partial charge is 0.255 e. The van der Waals surface area contributed by atoms with E-state index >= 15 is 0 Å². The van der Waals surface area contributed by atoms with Gasteiger partial charge in [0.15, 0.2) is 0 Å². The summed E-state index contributed by atoms with van der Waals surface area (Å²) < 4.78 is 0. The van der Waals surface area contributed by atoms with Crippen molar-refractivity contribution in [2.24, 2.45) is 0 Å². The van der Waals surface area contributed by atoms with E-state index in [2.05, 4.69) is 11.6 Å². The van der Waals surface area contributed by atoms with E-state index < -0.39 is 0 Å². The van der Waals surface area contributed by atoms with E-state index in [9.17, 15) is 4.79 Å². The fourth-order valence-electron chi connectivity index (χ4n) is 2.32. The van der Waals surface area contributed by atoms with Crippen molar-refractivity contribution in [1.29, 1.82) is 0 Å². The van der Waals surface area contributed by atoms with Gasteiger partial charge in [-0.2, -0.15) is 11.8 Å². The Kier molecular flexibility index (Phi) is 4.40. The summed E-state index contributed by atoms with van der Waals surface area (Å²) in [6, 6.07) is 5.37. The van der Waals surface area contributed by atoms with Crippen molar-refractivity contribution >= 4 is 35.0 Å². The molecule has 3 N–H and O–H groups in total. The van der Waals surface area contributed by atoms with Gasteiger partial charge in [-0.1, -0.05) is 17.7 Å². The van der Waals surface area contributed by atoms with E-state index in [-0.39, 0.29) is 11.9 Å². The van der Waals surface area contributed by atoms with Gasteiger partial charge in [0, 0.05) is 17.0 Å². The molecule has 1 aliphatic carbocycles. The lowest BCUT2D eigenvalue weighted by molar-refractivity contribution is 0.0939. The maximum absolute atomic E-state index is 12.2. The normalized spacial score (nSPS) is 23.0. The van der Waals surface area contributed by atoms with Crippen molar-refractivity contribution in [3.05, 3.63) is 28.8 Å². The monoisotopic (exact) mass is 284 g/mol. The molecule has 1 aromatic rings. The van der Waals surface area contributed by atoms with Gasteiger partial charge in [-0.05, 0) is 37.7 Å². The molecule has 98 valence electrons. The number of carbonyl (C=O) groups is 1. The Hall–Kier alpha value is -0.870. The highest BCUT2D eigenvalue weighted by Gasteiger charge is 2.26. The number of benzene rings is 1. The molecular weight excluding hydrogens is 268 g/mol. The van der Waals surface area contributed by atoms with Crippen molar-refractivity contribution in [2.75, 3.05) is 12.0 Å². The topological polar surface area (TPSA) is 55.1 Å².